The van der Waals surface area contributed by atoms with E-state index in [1.165, 1.54) is 11.1 Å². The summed E-state index contributed by atoms with van der Waals surface area (Å²) in [5.74, 6) is 0.0612. The highest BCUT2D eigenvalue weighted by Crippen LogP contribution is 2.23. The summed E-state index contributed by atoms with van der Waals surface area (Å²) in [5, 5.41) is 12.8. The van der Waals surface area contributed by atoms with E-state index in [-0.39, 0.29) is 12.2 Å². The quantitative estimate of drug-likeness (QED) is 0.560. The van der Waals surface area contributed by atoms with Crippen molar-refractivity contribution in [2.75, 3.05) is 0 Å². The molecule has 6 heteroatoms. The number of benzene rings is 2. The molecule has 1 aliphatic rings. The summed E-state index contributed by atoms with van der Waals surface area (Å²) >= 11 is 0. The minimum absolute atomic E-state index is 0.0612. The maximum absolute atomic E-state index is 12.7. The first-order valence-corrected chi connectivity index (χ1v) is 9.26. The number of carbonyl (C=O) groups excluding carboxylic acids is 1. The molecular weight excluding hydrogens is 350 g/mol. The molecule has 0 saturated heterocycles. The second kappa shape index (κ2) is 6.65. The lowest BCUT2D eigenvalue weighted by Crippen LogP contribution is -2.07. The third-order valence-electron chi connectivity index (χ3n) is 5.25. The Morgan fingerprint density at radius 2 is 1.96 bits per heavy atom. The molecule has 2 aromatic carbocycles. The summed E-state index contributed by atoms with van der Waals surface area (Å²) in [6.45, 7) is 1.70. The molecule has 0 aliphatic carbocycles. The van der Waals surface area contributed by atoms with Crippen LogP contribution in [0.4, 0.5) is 0 Å². The molecule has 0 spiro atoms. The van der Waals surface area contributed by atoms with E-state index in [0.717, 1.165) is 40.8 Å². The number of nitrogens with one attached hydrogen (secondary N) is 1. The Morgan fingerprint density at radius 1 is 1.07 bits per heavy atom. The van der Waals surface area contributed by atoms with Gasteiger partial charge in [-0.15, -0.1) is 0 Å². The zero-order valence-corrected chi connectivity index (χ0v) is 15.5. The largest absolute Gasteiger partial charge is 0.334 e. The standard InChI is InChI=1S/C22H19N5O/c1-27-13-24-12-21(27)14-4-5-20-17(6-14)8-19(25-26-20)9-22(28)15-2-3-16-10-23-11-18(16)7-15/h2-8,12-13,23H,9-11H2,1H3. The van der Waals surface area contributed by atoms with Gasteiger partial charge in [-0.3, -0.25) is 4.79 Å². The summed E-state index contributed by atoms with van der Waals surface area (Å²) in [6.07, 6.45) is 3.86. The van der Waals surface area contributed by atoms with Crippen molar-refractivity contribution >= 4 is 16.7 Å². The number of hydrogen-bond donors (Lipinski definition) is 1. The minimum atomic E-state index is 0.0612. The number of imidazole rings is 1. The van der Waals surface area contributed by atoms with E-state index in [1.54, 1.807) is 6.33 Å². The van der Waals surface area contributed by atoms with Crippen molar-refractivity contribution < 1.29 is 4.79 Å². The predicted molar refractivity (Wildman–Crippen MR) is 107 cm³/mol. The third-order valence-corrected chi connectivity index (χ3v) is 5.25. The Labute approximate surface area is 162 Å². The average molecular weight is 369 g/mol. The van der Waals surface area contributed by atoms with Gasteiger partial charge < -0.3 is 9.88 Å². The molecule has 4 aromatic rings. The number of Topliss-reactive ketones (excluding diaryl/α,β-unsaturated/α-hetero) is 1. The Balaban J connectivity index is 1.44. The SMILES string of the molecule is Cn1cncc1-c1ccc2nnc(CC(=O)c3ccc4c(c3)CNC4)cc2c1. The lowest BCUT2D eigenvalue weighted by atomic mass is 10.0. The Hall–Kier alpha value is -3.38. The molecule has 1 N–H and O–H groups in total. The number of rotatable bonds is 4. The van der Waals surface area contributed by atoms with E-state index < -0.39 is 0 Å². The Morgan fingerprint density at radius 3 is 2.82 bits per heavy atom. The smallest absolute Gasteiger partial charge is 0.168 e. The van der Waals surface area contributed by atoms with Crippen molar-refractivity contribution in [1.82, 2.24) is 25.1 Å². The van der Waals surface area contributed by atoms with Gasteiger partial charge in [0.05, 0.1) is 35.8 Å². The topological polar surface area (TPSA) is 72.7 Å². The predicted octanol–water partition coefficient (Wildman–Crippen LogP) is 3.06. The molecule has 0 saturated carbocycles. The molecule has 0 radical (unpaired) electrons. The lowest BCUT2D eigenvalue weighted by Gasteiger charge is -2.06. The maximum Gasteiger partial charge on any atom is 0.168 e. The highest BCUT2D eigenvalue weighted by Gasteiger charge is 2.15. The molecule has 28 heavy (non-hydrogen) atoms. The van der Waals surface area contributed by atoms with Crippen LogP contribution < -0.4 is 5.32 Å². The number of ketones is 1. The molecule has 0 atom stereocenters. The highest BCUT2D eigenvalue weighted by molar-refractivity contribution is 5.98. The van der Waals surface area contributed by atoms with Crippen LogP contribution in [0.3, 0.4) is 0 Å². The molecule has 6 nitrogen and oxygen atoms in total. The van der Waals surface area contributed by atoms with Crippen LogP contribution in [-0.4, -0.2) is 25.5 Å². The van der Waals surface area contributed by atoms with Gasteiger partial charge in [0.2, 0.25) is 0 Å². The van der Waals surface area contributed by atoms with Crippen molar-refractivity contribution in [2.45, 2.75) is 19.5 Å². The first-order chi connectivity index (χ1) is 13.7. The van der Waals surface area contributed by atoms with Crippen LogP contribution >= 0.6 is 0 Å². The second-order valence-corrected chi connectivity index (χ2v) is 7.19. The van der Waals surface area contributed by atoms with Crippen LogP contribution in [0.5, 0.6) is 0 Å². The molecule has 0 bridgehead atoms. The Kier molecular flexibility index (Phi) is 3.98. The van der Waals surface area contributed by atoms with E-state index >= 15 is 0 Å². The van der Waals surface area contributed by atoms with Gasteiger partial charge >= 0.3 is 0 Å². The molecule has 1 aliphatic heterocycles. The van der Waals surface area contributed by atoms with Crippen molar-refractivity contribution in [2.24, 2.45) is 7.05 Å². The van der Waals surface area contributed by atoms with E-state index in [0.29, 0.717) is 5.69 Å². The molecule has 2 aromatic heterocycles. The number of hydrogen-bond acceptors (Lipinski definition) is 5. The Bertz CT molecular complexity index is 1210. The monoisotopic (exact) mass is 369 g/mol. The fourth-order valence-corrected chi connectivity index (χ4v) is 3.70. The van der Waals surface area contributed by atoms with Crippen LogP contribution in [-0.2, 0) is 26.6 Å². The van der Waals surface area contributed by atoms with Gasteiger partial charge in [-0.1, -0.05) is 18.2 Å². The molecular formula is C22H19N5O. The third kappa shape index (κ3) is 2.97. The fourth-order valence-electron chi connectivity index (χ4n) is 3.70. The minimum Gasteiger partial charge on any atom is -0.334 e. The number of aromatic nitrogens is 4. The molecule has 0 amide bonds. The van der Waals surface area contributed by atoms with E-state index in [1.807, 2.05) is 54.2 Å². The van der Waals surface area contributed by atoms with Crippen molar-refractivity contribution in [1.29, 1.82) is 0 Å². The van der Waals surface area contributed by atoms with E-state index in [9.17, 15) is 4.79 Å². The van der Waals surface area contributed by atoms with Gasteiger partial charge in [0.25, 0.3) is 0 Å². The van der Waals surface area contributed by atoms with Crippen LogP contribution in [0.2, 0.25) is 0 Å². The molecule has 3 heterocycles. The molecule has 0 unspecified atom stereocenters. The zero-order valence-electron chi connectivity index (χ0n) is 15.5. The number of carbonyl (C=O) groups is 1. The van der Waals surface area contributed by atoms with Crippen molar-refractivity contribution in [3.05, 3.63) is 77.4 Å². The van der Waals surface area contributed by atoms with Crippen LogP contribution in [0.25, 0.3) is 22.2 Å². The first kappa shape index (κ1) is 16.8. The highest BCUT2D eigenvalue weighted by atomic mass is 16.1. The van der Waals surface area contributed by atoms with Gasteiger partial charge in [0.1, 0.15) is 0 Å². The molecule has 138 valence electrons. The summed E-state index contributed by atoms with van der Waals surface area (Å²) in [7, 11) is 1.97. The van der Waals surface area contributed by atoms with Crippen LogP contribution in [0.1, 0.15) is 27.2 Å². The summed E-state index contributed by atoms with van der Waals surface area (Å²) in [6, 6.07) is 13.9. The van der Waals surface area contributed by atoms with E-state index in [2.05, 4.69) is 26.6 Å². The summed E-state index contributed by atoms with van der Waals surface area (Å²) < 4.78 is 1.98. The fraction of sp³-hybridized carbons (Fsp3) is 0.182. The lowest BCUT2D eigenvalue weighted by molar-refractivity contribution is 0.0991. The van der Waals surface area contributed by atoms with Crippen molar-refractivity contribution in [3.8, 4) is 11.3 Å². The summed E-state index contributed by atoms with van der Waals surface area (Å²) in [4.78, 5) is 16.9. The molecule has 0 fully saturated rings. The number of aryl methyl sites for hydroxylation is 1. The number of nitrogens with zero attached hydrogens (tertiary/aromatic N) is 4. The summed E-state index contributed by atoms with van der Waals surface area (Å²) in [5.41, 5.74) is 6.78. The van der Waals surface area contributed by atoms with Gasteiger partial charge in [0, 0.05) is 36.7 Å². The average Bonchev–Trinajstić information content (AvgIpc) is 3.35. The van der Waals surface area contributed by atoms with Gasteiger partial charge in [0.15, 0.2) is 5.78 Å². The van der Waals surface area contributed by atoms with Crippen LogP contribution in [0, 0.1) is 0 Å². The first-order valence-electron chi connectivity index (χ1n) is 9.26. The van der Waals surface area contributed by atoms with Gasteiger partial charge in [-0.2, -0.15) is 10.2 Å². The molecule has 5 rings (SSSR count). The van der Waals surface area contributed by atoms with E-state index in [4.69, 9.17) is 0 Å². The maximum atomic E-state index is 12.7. The van der Waals surface area contributed by atoms with Gasteiger partial charge in [-0.25, -0.2) is 4.98 Å². The number of fused-ring (bicyclic) bond motifs is 2. The van der Waals surface area contributed by atoms with Gasteiger partial charge in [-0.05, 0) is 35.4 Å². The zero-order chi connectivity index (χ0) is 19.1. The second-order valence-electron chi connectivity index (χ2n) is 7.19. The van der Waals surface area contributed by atoms with Crippen LogP contribution in [0.15, 0.2) is 55.0 Å². The van der Waals surface area contributed by atoms with Crippen molar-refractivity contribution in [3.63, 3.8) is 0 Å². The normalized spacial score (nSPS) is 13.0.